The topological polar surface area (TPSA) is 89.7 Å². The summed E-state index contributed by atoms with van der Waals surface area (Å²) in [6, 6.07) is 14.2. The molecule has 2 aromatic carbocycles. The predicted octanol–water partition coefficient (Wildman–Crippen LogP) is 4.12. The van der Waals surface area contributed by atoms with Crippen molar-refractivity contribution in [1.82, 2.24) is 15.0 Å². The standard InChI is InChI=1S/C21H22N4O4/c1-27-16-10-8-15(9-11-16)22-21(26)25-12-4-7-18(25)20-23-19(24-29-20)14-5-3-6-17(13-14)28-2/h3,5-6,8-11,13,18H,4,7,12H2,1-2H3,(H,22,26)/t18-/m1/s1. The Balaban J connectivity index is 1.49. The lowest BCUT2D eigenvalue weighted by atomic mass is 10.2. The number of hydrogen-bond acceptors (Lipinski definition) is 6. The van der Waals surface area contributed by atoms with Gasteiger partial charge in [0.1, 0.15) is 17.5 Å². The molecule has 8 heteroatoms. The number of carbonyl (C=O) groups is 1. The summed E-state index contributed by atoms with van der Waals surface area (Å²) in [4.78, 5) is 19.0. The van der Waals surface area contributed by atoms with Crippen molar-refractivity contribution >= 4 is 11.7 Å². The van der Waals surface area contributed by atoms with E-state index in [-0.39, 0.29) is 12.1 Å². The summed E-state index contributed by atoms with van der Waals surface area (Å²) in [6.07, 6.45) is 1.65. The van der Waals surface area contributed by atoms with Crippen LogP contribution in [0.5, 0.6) is 11.5 Å². The van der Waals surface area contributed by atoms with Crippen LogP contribution in [0, 0.1) is 0 Å². The van der Waals surface area contributed by atoms with Crippen molar-refractivity contribution in [3.63, 3.8) is 0 Å². The molecule has 1 aliphatic heterocycles. The normalized spacial score (nSPS) is 15.9. The number of nitrogens with one attached hydrogen (secondary N) is 1. The Labute approximate surface area is 168 Å². The second-order valence-electron chi connectivity index (χ2n) is 6.70. The Hall–Kier alpha value is -3.55. The fourth-order valence-corrected chi connectivity index (χ4v) is 3.39. The van der Waals surface area contributed by atoms with Crippen molar-refractivity contribution < 1.29 is 18.8 Å². The monoisotopic (exact) mass is 394 g/mol. The average molecular weight is 394 g/mol. The molecule has 0 saturated carbocycles. The molecule has 1 saturated heterocycles. The molecular weight excluding hydrogens is 372 g/mol. The van der Waals surface area contributed by atoms with Gasteiger partial charge in [-0.1, -0.05) is 17.3 Å². The molecule has 2 amide bonds. The quantitative estimate of drug-likeness (QED) is 0.700. The van der Waals surface area contributed by atoms with E-state index in [0.717, 1.165) is 29.9 Å². The van der Waals surface area contributed by atoms with E-state index in [1.165, 1.54) is 0 Å². The van der Waals surface area contributed by atoms with Gasteiger partial charge < -0.3 is 24.2 Å². The molecular formula is C21H22N4O4. The number of benzene rings is 2. The van der Waals surface area contributed by atoms with Crippen molar-refractivity contribution in [2.24, 2.45) is 0 Å². The van der Waals surface area contributed by atoms with Gasteiger partial charge in [0.2, 0.25) is 11.7 Å². The third-order valence-electron chi connectivity index (χ3n) is 4.91. The van der Waals surface area contributed by atoms with E-state index in [9.17, 15) is 4.79 Å². The molecule has 1 aliphatic rings. The maximum atomic E-state index is 12.8. The summed E-state index contributed by atoms with van der Waals surface area (Å²) >= 11 is 0. The van der Waals surface area contributed by atoms with Gasteiger partial charge in [0, 0.05) is 17.8 Å². The van der Waals surface area contributed by atoms with Gasteiger partial charge in [-0.3, -0.25) is 0 Å². The highest BCUT2D eigenvalue weighted by Gasteiger charge is 2.34. The summed E-state index contributed by atoms with van der Waals surface area (Å²) in [5.41, 5.74) is 1.50. The molecule has 2 heterocycles. The lowest BCUT2D eigenvalue weighted by Crippen LogP contribution is -2.34. The number of amides is 2. The van der Waals surface area contributed by atoms with Gasteiger partial charge in [0.25, 0.3) is 0 Å². The summed E-state index contributed by atoms with van der Waals surface area (Å²) < 4.78 is 15.9. The third-order valence-corrected chi connectivity index (χ3v) is 4.91. The minimum Gasteiger partial charge on any atom is -0.497 e. The number of rotatable bonds is 5. The molecule has 29 heavy (non-hydrogen) atoms. The van der Waals surface area contributed by atoms with Crippen LogP contribution < -0.4 is 14.8 Å². The first kappa shape index (κ1) is 18.8. The molecule has 0 spiro atoms. The Morgan fingerprint density at radius 1 is 1.14 bits per heavy atom. The lowest BCUT2D eigenvalue weighted by Gasteiger charge is -2.22. The van der Waals surface area contributed by atoms with Crippen molar-refractivity contribution in [2.45, 2.75) is 18.9 Å². The Morgan fingerprint density at radius 2 is 1.93 bits per heavy atom. The van der Waals surface area contributed by atoms with Crippen LogP contribution in [-0.2, 0) is 0 Å². The van der Waals surface area contributed by atoms with Crippen molar-refractivity contribution in [1.29, 1.82) is 0 Å². The molecule has 0 aliphatic carbocycles. The number of urea groups is 1. The first-order valence-electron chi connectivity index (χ1n) is 9.37. The fraction of sp³-hybridized carbons (Fsp3) is 0.286. The fourth-order valence-electron chi connectivity index (χ4n) is 3.39. The van der Waals surface area contributed by atoms with Gasteiger partial charge in [0.05, 0.1) is 14.2 Å². The molecule has 1 atom stereocenters. The SMILES string of the molecule is COc1ccc(NC(=O)N2CCC[C@@H]2c2nc(-c3cccc(OC)c3)no2)cc1. The molecule has 1 fully saturated rings. The molecule has 8 nitrogen and oxygen atoms in total. The van der Waals surface area contributed by atoms with Crippen LogP contribution in [-0.4, -0.2) is 41.8 Å². The average Bonchev–Trinajstić information content (AvgIpc) is 3.44. The van der Waals surface area contributed by atoms with E-state index in [1.807, 2.05) is 24.3 Å². The van der Waals surface area contributed by atoms with Crippen molar-refractivity contribution in [3.05, 3.63) is 54.4 Å². The van der Waals surface area contributed by atoms with Gasteiger partial charge in [-0.2, -0.15) is 4.98 Å². The highest BCUT2D eigenvalue weighted by atomic mass is 16.5. The Kier molecular flexibility index (Phi) is 5.33. The van der Waals surface area contributed by atoms with Gasteiger partial charge in [-0.05, 0) is 49.2 Å². The van der Waals surface area contributed by atoms with E-state index in [4.69, 9.17) is 14.0 Å². The second-order valence-corrected chi connectivity index (χ2v) is 6.70. The van der Waals surface area contributed by atoms with E-state index in [2.05, 4.69) is 15.5 Å². The van der Waals surface area contributed by atoms with Gasteiger partial charge in [0.15, 0.2) is 0 Å². The first-order valence-corrected chi connectivity index (χ1v) is 9.37. The van der Waals surface area contributed by atoms with Crippen molar-refractivity contribution in [2.75, 3.05) is 26.1 Å². The highest BCUT2D eigenvalue weighted by molar-refractivity contribution is 5.89. The van der Waals surface area contributed by atoms with Crippen LogP contribution in [0.4, 0.5) is 10.5 Å². The highest BCUT2D eigenvalue weighted by Crippen LogP contribution is 2.33. The minimum atomic E-state index is -0.250. The zero-order chi connectivity index (χ0) is 20.2. The van der Waals surface area contributed by atoms with Crippen LogP contribution >= 0.6 is 0 Å². The van der Waals surface area contributed by atoms with Crippen LogP contribution in [0.1, 0.15) is 24.8 Å². The molecule has 150 valence electrons. The molecule has 0 unspecified atom stereocenters. The molecule has 1 N–H and O–H groups in total. The molecule has 0 bridgehead atoms. The summed E-state index contributed by atoms with van der Waals surface area (Å²) in [5.74, 6) is 2.36. The van der Waals surface area contributed by atoms with E-state index in [0.29, 0.717) is 23.9 Å². The molecule has 1 aromatic heterocycles. The smallest absolute Gasteiger partial charge is 0.322 e. The summed E-state index contributed by atoms with van der Waals surface area (Å²) in [7, 11) is 3.21. The third kappa shape index (κ3) is 4.01. The Bertz CT molecular complexity index is 986. The van der Waals surface area contributed by atoms with Crippen LogP contribution in [0.2, 0.25) is 0 Å². The predicted molar refractivity (Wildman–Crippen MR) is 107 cm³/mol. The number of likely N-dealkylation sites (tertiary alicyclic amines) is 1. The van der Waals surface area contributed by atoms with Crippen LogP contribution in [0.3, 0.4) is 0 Å². The Morgan fingerprint density at radius 3 is 2.69 bits per heavy atom. The van der Waals surface area contributed by atoms with Gasteiger partial charge in [-0.15, -0.1) is 0 Å². The maximum Gasteiger partial charge on any atom is 0.322 e. The molecule has 4 rings (SSSR count). The lowest BCUT2D eigenvalue weighted by molar-refractivity contribution is 0.193. The van der Waals surface area contributed by atoms with Crippen molar-refractivity contribution in [3.8, 4) is 22.9 Å². The zero-order valence-corrected chi connectivity index (χ0v) is 16.3. The van der Waals surface area contributed by atoms with Crippen LogP contribution in [0.15, 0.2) is 53.1 Å². The summed E-state index contributed by atoms with van der Waals surface area (Å²) in [6.45, 7) is 0.628. The van der Waals surface area contributed by atoms with Gasteiger partial charge >= 0.3 is 6.03 Å². The molecule has 3 aromatic rings. The molecule has 0 radical (unpaired) electrons. The second kappa shape index (κ2) is 8.22. The number of nitrogens with zero attached hydrogens (tertiary/aromatic N) is 3. The van der Waals surface area contributed by atoms with E-state index >= 15 is 0 Å². The van der Waals surface area contributed by atoms with Gasteiger partial charge in [-0.25, -0.2) is 4.79 Å². The van der Waals surface area contributed by atoms with Crippen LogP contribution in [0.25, 0.3) is 11.4 Å². The number of carbonyl (C=O) groups excluding carboxylic acids is 1. The first-order chi connectivity index (χ1) is 14.2. The zero-order valence-electron chi connectivity index (χ0n) is 16.3. The number of aromatic nitrogens is 2. The van der Waals surface area contributed by atoms with E-state index < -0.39 is 0 Å². The number of ether oxygens (including phenoxy) is 2. The number of anilines is 1. The number of methoxy groups -OCH3 is 2. The van der Waals surface area contributed by atoms with E-state index in [1.54, 1.807) is 43.4 Å². The number of hydrogen-bond donors (Lipinski definition) is 1. The maximum absolute atomic E-state index is 12.8. The summed E-state index contributed by atoms with van der Waals surface area (Å²) in [5, 5.41) is 7.00. The largest absolute Gasteiger partial charge is 0.497 e. The minimum absolute atomic E-state index is 0.196.